The summed E-state index contributed by atoms with van der Waals surface area (Å²) in [5, 5.41) is 9.17. The van der Waals surface area contributed by atoms with Crippen LogP contribution in [-0.4, -0.2) is 21.5 Å². The van der Waals surface area contributed by atoms with Crippen LogP contribution >= 0.6 is 0 Å². The maximum Gasteiger partial charge on any atom is 1.00 e. The topological polar surface area (TPSA) is 54.4 Å². The Morgan fingerprint density at radius 3 is 2.42 bits per heavy atom. The van der Waals surface area contributed by atoms with Crippen LogP contribution in [0, 0.1) is 5.82 Å². The van der Waals surface area contributed by atoms with E-state index in [9.17, 15) is 13.4 Å². The number of allylic oxidation sites excluding steroid dienone is 2. The molecular formula is C20H18FNaO3S. The molecule has 1 N–H and O–H groups in total. The van der Waals surface area contributed by atoms with Gasteiger partial charge in [-0.2, -0.15) is 0 Å². The van der Waals surface area contributed by atoms with E-state index in [0.29, 0.717) is 11.1 Å². The molecule has 2 aromatic carbocycles. The summed E-state index contributed by atoms with van der Waals surface area (Å²) in [6.07, 6.45) is 3.43. The van der Waals surface area contributed by atoms with Gasteiger partial charge in [0.15, 0.2) is 0 Å². The molecule has 0 amide bonds. The Morgan fingerprint density at radius 2 is 1.85 bits per heavy atom. The van der Waals surface area contributed by atoms with Crippen molar-refractivity contribution in [3.63, 3.8) is 0 Å². The first kappa shape index (κ1) is 20.8. The van der Waals surface area contributed by atoms with Crippen molar-refractivity contribution in [2.24, 2.45) is 0 Å². The smallest absolute Gasteiger partial charge is 1.00 e. The molecule has 0 saturated carbocycles. The van der Waals surface area contributed by atoms with Gasteiger partial charge in [0, 0.05) is 22.0 Å². The van der Waals surface area contributed by atoms with Crippen LogP contribution in [0.25, 0.3) is 17.2 Å². The molecular weight excluding hydrogens is 362 g/mol. The van der Waals surface area contributed by atoms with Crippen molar-refractivity contribution in [3.05, 3.63) is 70.5 Å². The van der Waals surface area contributed by atoms with Gasteiger partial charge < -0.3 is 6.53 Å². The van der Waals surface area contributed by atoms with Crippen molar-refractivity contribution in [1.29, 1.82) is 0 Å². The van der Waals surface area contributed by atoms with Crippen molar-refractivity contribution in [2.45, 2.75) is 18.2 Å². The van der Waals surface area contributed by atoms with Crippen LogP contribution in [0.5, 0.6) is 0 Å². The third-order valence-corrected chi connectivity index (χ3v) is 5.24. The Bertz CT molecular complexity index is 952. The van der Waals surface area contributed by atoms with Crippen LogP contribution in [0.3, 0.4) is 0 Å². The summed E-state index contributed by atoms with van der Waals surface area (Å²) in [5.41, 5.74) is 4.74. The van der Waals surface area contributed by atoms with Gasteiger partial charge in [-0.1, -0.05) is 18.2 Å². The van der Waals surface area contributed by atoms with Gasteiger partial charge in [0.25, 0.3) is 0 Å². The summed E-state index contributed by atoms with van der Waals surface area (Å²) in [5.74, 6) is -1.33. The molecule has 0 spiro atoms. The quantitative estimate of drug-likeness (QED) is 0.818. The first-order chi connectivity index (χ1) is 11.9. The van der Waals surface area contributed by atoms with Crippen LogP contribution in [0.15, 0.2) is 52.9 Å². The maximum atomic E-state index is 13.7. The van der Waals surface area contributed by atoms with E-state index in [1.807, 2.05) is 25.1 Å². The average Bonchev–Trinajstić information content (AvgIpc) is 2.80. The first-order valence-electron chi connectivity index (χ1n) is 7.74. The minimum atomic E-state index is -1.04. The first-order valence-corrected chi connectivity index (χ1v) is 9.30. The summed E-state index contributed by atoms with van der Waals surface area (Å²) in [4.78, 5) is 11.9. The minimum absolute atomic E-state index is 0. The van der Waals surface area contributed by atoms with Gasteiger partial charge >= 0.3 is 35.5 Å². The number of benzene rings is 2. The summed E-state index contributed by atoms with van der Waals surface area (Å²) in [6.45, 7) is 1.86. The zero-order chi connectivity index (χ0) is 18.1. The van der Waals surface area contributed by atoms with Crippen LogP contribution in [0.2, 0.25) is 0 Å². The average molecular weight is 380 g/mol. The molecule has 0 saturated heterocycles. The number of aliphatic carboxylic acids is 1. The van der Waals surface area contributed by atoms with E-state index in [2.05, 4.69) is 0 Å². The number of halogens is 1. The standard InChI is InChI=1S/C20H17FO3S.Na.H/c1-12-17(9-13-3-6-15(7-4-13)25(2)24)16-8-5-14(21)10-19(16)18(12)11-20(22)23;;/h3-10H,11H2,1-2H3,(H,22,23);;/q;+1;-1/b17-9-;;. The van der Waals surface area contributed by atoms with Crippen LogP contribution in [-0.2, 0) is 15.6 Å². The fraction of sp³-hybridized carbons (Fsp3) is 0.150. The van der Waals surface area contributed by atoms with Gasteiger partial charge in [-0.25, -0.2) is 4.39 Å². The molecule has 1 atom stereocenters. The van der Waals surface area contributed by atoms with Crippen LogP contribution in [0.1, 0.15) is 31.5 Å². The molecule has 130 valence electrons. The van der Waals surface area contributed by atoms with E-state index in [1.54, 1.807) is 24.5 Å². The van der Waals surface area contributed by atoms with Gasteiger partial charge in [0.05, 0.1) is 6.42 Å². The number of fused-ring (bicyclic) bond motifs is 1. The number of hydrogen-bond donors (Lipinski definition) is 1. The Balaban J connectivity index is 0.00000182. The molecule has 0 radical (unpaired) electrons. The van der Waals surface area contributed by atoms with E-state index in [1.165, 1.54) is 12.1 Å². The Morgan fingerprint density at radius 1 is 1.19 bits per heavy atom. The predicted molar refractivity (Wildman–Crippen MR) is 99.0 cm³/mol. The fourth-order valence-corrected chi connectivity index (χ4v) is 3.57. The van der Waals surface area contributed by atoms with Crippen LogP contribution < -0.4 is 29.6 Å². The summed E-state index contributed by atoms with van der Waals surface area (Å²) < 4.78 is 25.1. The number of carboxylic acids is 1. The molecule has 26 heavy (non-hydrogen) atoms. The second-order valence-corrected chi connectivity index (χ2v) is 7.32. The zero-order valence-electron chi connectivity index (χ0n) is 15.9. The van der Waals surface area contributed by atoms with Gasteiger partial charge in [0.2, 0.25) is 0 Å². The third kappa shape index (κ3) is 4.23. The monoisotopic (exact) mass is 380 g/mol. The number of hydrogen-bond acceptors (Lipinski definition) is 2. The predicted octanol–water partition coefficient (Wildman–Crippen LogP) is 1.48. The minimum Gasteiger partial charge on any atom is -1.00 e. The van der Waals surface area contributed by atoms with Crippen molar-refractivity contribution in [2.75, 3.05) is 6.26 Å². The maximum absolute atomic E-state index is 13.7. The SMILES string of the molecule is CC1=C(CC(=O)O)c2cc(F)ccc2/C1=C\c1ccc(S(C)=O)cc1.[H-].[Na+]. The zero-order valence-corrected chi connectivity index (χ0v) is 17.7. The van der Waals surface area contributed by atoms with E-state index < -0.39 is 16.8 Å². The molecule has 0 fully saturated rings. The largest absolute Gasteiger partial charge is 1.00 e. The Hall–Kier alpha value is -1.53. The molecule has 3 rings (SSSR count). The molecule has 3 nitrogen and oxygen atoms in total. The van der Waals surface area contributed by atoms with Crippen molar-refractivity contribution >= 4 is 34.0 Å². The van der Waals surface area contributed by atoms with E-state index in [-0.39, 0.29) is 43.2 Å². The molecule has 0 heterocycles. The van der Waals surface area contributed by atoms with E-state index in [0.717, 1.165) is 27.2 Å². The second-order valence-electron chi connectivity index (χ2n) is 5.95. The second kappa shape index (κ2) is 8.44. The van der Waals surface area contributed by atoms with E-state index >= 15 is 0 Å². The number of rotatable bonds is 4. The summed E-state index contributed by atoms with van der Waals surface area (Å²) in [6, 6.07) is 11.8. The molecule has 0 bridgehead atoms. The van der Waals surface area contributed by atoms with Gasteiger partial charge in [0.1, 0.15) is 5.82 Å². The van der Waals surface area contributed by atoms with Crippen molar-refractivity contribution in [1.82, 2.24) is 0 Å². The van der Waals surface area contributed by atoms with Gasteiger partial charge in [-0.15, -0.1) is 0 Å². The van der Waals surface area contributed by atoms with Crippen LogP contribution in [0.4, 0.5) is 4.39 Å². The summed E-state index contributed by atoms with van der Waals surface area (Å²) >= 11 is 0. The molecule has 0 aliphatic heterocycles. The molecule has 6 heteroatoms. The molecule has 0 aromatic heterocycles. The van der Waals surface area contributed by atoms with Crippen molar-refractivity contribution < 1.29 is 49.5 Å². The molecule has 1 aliphatic rings. The molecule has 1 unspecified atom stereocenters. The van der Waals surface area contributed by atoms with Gasteiger partial charge in [-0.05, 0) is 70.7 Å². The molecule has 1 aliphatic carbocycles. The third-order valence-electron chi connectivity index (χ3n) is 4.30. The van der Waals surface area contributed by atoms with E-state index in [4.69, 9.17) is 5.11 Å². The Kier molecular flexibility index (Phi) is 6.74. The Labute approximate surface area is 177 Å². The normalized spacial score (nSPS) is 15.6. The van der Waals surface area contributed by atoms with Gasteiger partial charge in [-0.3, -0.25) is 9.00 Å². The number of carbonyl (C=O) groups is 1. The fourth-order valence-electron chi connectivity index (χ4n) is 3.05. The molecule has 2 aromatic rings. The van der Waals surface area contributed by atoms with Crippen molar-refractivity contribution in [3.8, 4) is 0 Å². The number of carboxylic acid groups (broad SMARTS) is 1. The summed E-state index contributed by atoms with van der Waals surface area (Å²) in [7, 11) is -1.04.